The zero-order chi connectivity index (χ0) is 26.3. The van der Waals surface area contributed by atoms with Crippen LogP contribution in [0.2, 0.25) is 0 Å². The van der Waals surface area contributed by atoms with E-state index in [1.165, 1.54) is 12.1 Å². The molecule has 2 fully saturated rings. The Labute approximate surface area is 233 Å². The molecule has 4 heterocycles. The molecule has 7 nitrogen and oxygen atoms in total. The zero-order valence-corrected chi connectivity index (χ0v) is 22.7. The van der Waals surface area contributed by atoms with E-state index in [1.54, 1.807) is 34.1 Å². The Morgan fingerprint density at radius 2 is 1.66 bits per heavy atom. The Bertz CT molecular complexity index is 1480. The molecule has 2 aromatic heterocycles. The van der Waals surface area contributed by atoms with Gasteiger partial charge < -0.3 is 9.80 Å². The number of carbonyl (C=O) groups excluding carboxylic acids is 2. The van der Waals surface area contributed by atoms with Gasteiger partial charge >= 0.3 is 0 Å². The maximum atomic E-state index is 13.6. The Kier molecular flexibility index (Phi) is 6.46. The summed E-state index contributed by atoms with van der Waals surface area (Å²) in [5.74, 6) is -0.270. The molecule has 9 heteroatoms. The number of hydrogen-bond donors (Lipinski definition) is 0. The monoisotopic (exact) mass is 621 g/mol. The number of carbonyl (C=O) groups is 2. The van der Waals surface area contributed by atoms with Crippen LogP contribution in [0.1, 0.15) is 29.8 Å². The summed E-state index contributed by atoms with van der Waals surface area (Å²) in [6, 6.07) is 19.9. The SMILES string of the molecule is O=C(c1cc(-c2cccnc2)n(-c2ccc(I)cc2)n1)N1CCC2(CC1)C(=O)CCN2c1ccc(F)cc1. The van der Waals surface area contributed by atoms with Crippen molar-refractivity contribution in [1.29, 1.82) is 0 Å². The fourth-order valence-corrected chi connectivity index (χ4v) is 5.94. The molecule has 0 unspecified atom stereocenters. The van der Waals surface area contributed by atoms with Crippen LogP contribution in [0.4, 0.5) is 10.1 Å². The van der Waals surface area contributed by atoms with E-state index >= 15 is 0 Å². The van der Waals surface area contributed by atoms with Crippen LogP contribution in [0, 0.1) is 9.39 Å². The molecule has 0 aliphatic carbocycles. The lowest BCUT2D eigenvalue weighted by molar-refractivity contribution is -0.123. The molecule has 2 saturated heterocycles. The van der Waals surface area contributed by atoms with Crippen molar-refractivity contribution in [1.82, 2.24) is 19.7 Å². The molecule has 1 spiro atoms. The lowest BCUT2D eigenvalue weighted by atomic mass is 9.83. The number of anilines is 1. The van der Waals surface area contributed by atoms with E-state index in [2.05, 4.69) is 32.5 Å². The third-order valence-electron chi connectivity index (χ3n) is 7.57. The van der Waals surface area contributed by atoms with Crippen LogP contribution >= 0.6 is 22.6 Å². The number of amides is 1. The smallest absolute Gasteiger partial charge is 0.274 e. The van der Waals surface area contributed by atoms with Gasteiger partial charge in [-0.1, -0.05) is 0 Å². The number of likely N-dealkylation sites (tertiary alicyclic amines) is 1. The molecule has 0 N–H and O–H groups in total. The molecule has 6 rings (SSSR count). The summed E-state index contributed by atoms with van der Waals surface area (Å²) in [6.07, 6.45) is 4.99. The van der Waals surface area contributed by atoms with Gasteiger partial charge in [-0.3, -0.25) is 14.6 Å². The van der Waals surface area contributed by atoms with Crippen LogP contribution in [0.5, 0.6) is 0 Å². The Morgan fingerprint density at radius 3 is 2.34 bits per heavy atom. The summed E-state index contributed by atoms with van der Waals surface area (Å²) in [6.45, 7) is 1.50. The molecule has 0 atom stereocenters. The quantitative estimate of drug-likeness (QED) is 0.296. The second kappa shape index (κ2) is 9.94. The van der Waals surface area contributed by atoms with Crippen LogP contribution in [-0.4, -0.2) is 56.5 Å². The first-order valence-corrected chi connectivity index (χ1v) is 13.6. The first-order chi connectivity index (χ1) is 18.4. The first-order valence-electron chi connectivity index (χ1n) is 12.6. The van der Waals surface area contributed by atoms with Gasteiger partial charge in [0, 0.05) is 53.3 Å². The number of nitrogens with zero attached hydrogens (tertiary/aromatic N) is 5. The standard InChI is InChI=1S/C29H25FIN5O2/c30-21-3-7-23(8-4-21)35-15-11-27(37)29(35)12-16-34(17-13-29)28(38)25-18-26(20-2-1-14-32-19-20)36(33-25)24-9-5-22(31)6-10-24/h1-10,14,18-19H,11-13,15-17H2. The van der Waals surface area contributed by atoms with Gasteiger partial charge in [-0.05, 0) is 102 Å². The van der Waals surface area contributed by atoms with Crippen molar-refractivity contribution in [2.75, 3.05) is 24.5 Å². The van der Waals surface area contributed by atoms with Crippen LogP contribution in [0.15, 0.2) is 79.1 Å². The number of ketones is 1. The maximum absolute atomic E-state index is 13.6. The Hall–Kier alpha value is -3.60. The minimum atomic E-state index is -0.657. The summed E-state index contributed by atoms with van der Waals surface area (Å²) in [7, 11) is 0. The Morgan fingerprint density at radius 1 is 0.947 bits per heavy atom. The topological polar surface area (TPSA) is 71.3 Å². The Balaban J connectivity index is 1.26. The van der Waals surface area contributed by atoms with Crippen LogP contribution < -0.4 is 4.90 Å². The third-order valence-corrected chi connectivity index (χ3v) is 8.29. The van der Waals surface area contributed by atoms with Crippen LogP contribution in [-0.2, 0) is 4.79 Å². The van der Waals surface area contributed by atoms with E-state index in [1.807, 2.05) is 42.5 Å². The van der Waals surface area contributed by atoms with Crippen molar-refractivity contribution in [2.24, 2.45) is 0 Å². The summed E-state index contributed by atoms with van der Waals surface area (Å²) >= 11 is 2.26. The molecular formula is C29H25FIN5O2. The van der Waals surface area contributed by atoms with Crippen molar-refractivity contribution in [3.8, 4) is 16.9 Å². The highest BCUT2D eigenvalue weighted by molar-refractivity contribution is 14.1. The van der Waals surface area contributed by atoms with Gasteiger partial charge in [0.05, 0.1) is 11.4 Å². The number of halogens is 2. The molecule has 2 aliphatic heterocycles. The first kappa shape index (κ1) is 24.7. The number of rotatable bonds is 4. The lowest BCUT2D eigenvalue weighted by Crippen LogP contribution is -2.56. The largest absolute Gasteiger partial charge is 0.358 e. The summed E-state index contributed by atoms with van der Waals surface area (Å²) in [5.41, 5.74) is 3.04. The summed E-state index contributed by atoms with van der Waals surface area (Å²) < 4.78 is 16.4. The van der Waals surface area contributed by atoms with Crippen molar-refractivity contribution in [3.05, 3.63) is 94.2 Å². The fraction of sp³-hybridized carbons (Fsp3) is 0.241. The molecule has 1 amide bonds. The minimum absolute atomic E-state index is 0.159. The highest BCUT2D eigenvalue weighted by Gasteiger charge is 2.50. The van der Waals surface area contributed by atoms with Crippen LogP contribution in [0.3, 0.4) is 0 Å². The highest BCUT2D eigenvalue weighted by atomic mass is 127. The van der Waals surface area contributed by atoms with Crippen molar-refractivity contribution in [2.45, 2.75) is 24.8 Å². The fourth-order valence-electron chi connectivity index (χ4n) is 5.58. The van der Waals surface area contributed by atoms with Crippen molar-refractivity contribution < 1.29 is 14.0 Å². The maximum Gasteiger partial charge on any atom is 0.274 e. The van der Waals surface area contributed by atoms with Gasteiger partial charge in [0.15, 0.2) is 11.5 Å². The van der Waals surface area contributed by atoms with E-state index in [-0.39, 0.29) is 17.5 Å². The number of Topliss-reactive ketones (excluding diaryl/α,β-unsaturated/α-hetero) is 1. The van der Waals surface area contributed by atoms with Gasteiger partial charge in [0.1, 0.15) is 11.4 Å². The molecule has 0 bridgehead atoms. The van der Waals surface area contributed by atoms with E-state index < -0.39 is 5.54 Å². The summed E-state index contributed by atoms with van der Waals surface area (Å²) in [4.78, 5) is 34.9. The number of hydrogen-bond acceptors (Lipinski definition) is 5. The molecule has 2 aromatic carbocycles. The second-order valence-corrected chi connectivity index (χ2v) is 10.9. The molecule has 4 aromatic rings. The van der Waals surface area contributed by atoms with Gasteiger partial charge in [-0.2, -0.15) is 5.10 Å². The van der Waals surface area contributed by atoms with Crippen molar-refractivity contribution in [3.63, 3.8) is 0 Å². The molecule has 2 aliphatic rings. The highest BCUT2D eigenvalue weighted by Crippen LogP contribution is 2.39. The number of aromatic nitrogens is 3. The molecule has 38 heavy (non-hydrogen) atoms. The molecular weight excluding hydrogens is 596 g/mol. The predicted molar refractivity (Wildman–Crippen MR) is 151 cm³/mol. The number of pyridine rings is 1. The van der Waals surface area contributed by atoms with Gasteiger partial charge in [0.25, 0.3) is 5.91 Å². The second-order valence-electron chi connectivity index (χ2n) is 9.67. The van der Waals surface area contributed by atoms with Gasteiger partial charge in [0.2, 0.25) is 0 Å². The molecule has 0 radical (unpaired) electrons. The molecule has 192 valence electrons. The number of benzene rings is 2. The van der Waals surface area contributed by atoms with Crippen LogP contribution in [0.25, 0.3) is 16.9 Å². The third kappa shape index (κ3) is 4.38. The average molecular weight is 621 g/mol. The lowest BCUT2D eigenvalue weighted by Gasteiger charge is -2.44. The molecule has 0 saturated carbocycles. The van der Waals surface area contributed by atoms with E-state index in [9.17, 15) is 14.0 Å². The van der Waals surface area contributed by atoms with E-state index in [0.29, 0.717) is 44.6 Å². The minimum Gasteiger partial charge on any atom is -0.358 e. The predicted octanol–water partition coefficient (Wildman–Crippen LogP) is 5.13. The normalized spacial score (nSPS) is 16.8. The van der Waals surface area contributed by atoms with Gasteiger partial charge in [-0.15, -0.1) is 0 Å². The van der Waals surface area contributed by atoms with E-state index in [4.69, 9.17) is 5.10 Å². The number of piperidine rings is 1. The van der Waals surface area contributed by atoms with Crippen molar-refractivity contribution >= 4 is 40.0 Å². The van der Waals surface area contributed by atoms with E-state index in [0.717, 1.165) is 26.2 Å². The zero-order valence-electron chi connectivity index (χ0n) is 20.6. The van der Waals surface area contributed by atoms with Gasteiger partial charge in [-0.25, -0.2) is 9.07 Å². The summed E-state index contributed by atoms with van der Waals surface area (Å²) in [5, 5.41) is 4.72. The average Bonchev–Trinajstić information content (AvgIpc) is 3.52.